The number of benzene rings is 1. The SMILES string of the molecule is Cc1ccc2c(c1)NC(=O)Nc1cnc(C#N)c(n1)OCC/C=C\CO2. The highest BCUT2D eigenvalue weighted by atomic mass is 16.5. The molecule has 1 aromatic carbocycles. The normalized spacial score (nSPS) is 15.5. The Labute approximate surface area is 150 Å². The van der Waals surface area contributed by atoms with Gasteiger partial charge in [0.05, 0.1) is 18.5 Å². The number of amides is 2. The number of hydrogen-bond donors (Lipinski definition) is 2. The molecule has 132 valence electrons. The minimum atomic E-state index is -0.504. The largest absolute Gasteiger partial charge is 0.487 e. The molecule has 0 atom stereocenters. The number of nitrogens with zero attached hydrogens (tertiary/aromatic N) is 3. The zero-order valence-corrected chi connectivity index (χ0v) is 14.2. The van der Waals surface area contributed by atoms with E-state index in [2.05, 4.69) is 20.6 Å². The maximum absolute atomic E-state index is 12.3. The van der Waals surface area contributed by atoms with E-state index in [4.69, 9.17) is 14.7 Å². The molecule has 0 spiro atoms. The molecule has 1 aliphatic rings. The van der Waals surface area contributed by atoms with E-state index in [1.807, 2.05) is 37.3 Å². The van der Waals surface area contributed by atoms with Gasteiger partial charge in [0.2, 0.25) is 5.69 Å². The van der Waals surface area contributed by atoms with Crippen LogP contribution in [0.15, 0.2) is 36.5 Å². The van der Waals surface area contributed by atoms with E-state index in [1.165, 1.54) is 6.20 Å². The van der Waals surface area contributed by atoms with Crippen molar-refractivity contribution in [2.45, 2.75) is 13.3 Å². The van der Waals surface area contributed by atoms with Gasteiger partial charge >= 0.3 is 6.03 Å². The van der Waals surface area contributed by atoms with Crippen molar-refractivity contribution in [3.05, 3.63) is 47.8 Å². The minimum Gasteiger partial charge on any atom is -0.487 e. The van der Waals surface area contributed by atoms with Crippen molar-refractivity contribution in [3.63, 3.8) is 0 Å². The number of nitrogens with one attached hydrogen (secondary N) is 2. The Morgan fingerprint density at radius 3 is 2.96 bits per heavy atom. The van der Waals surface area contributed by atoms with Crippen LogP contribution in [0.4, 0.5) is 16.3 Å². The molecular weight excluding hydrogens is 334 g/mol. The van der Waals surface area contributed by atoms with Crippen LogP contribution in [-0.4, -0.2) is 29.2 Å². The van der Waals surface area contributed by atoms with Crippen LogP contribution in [0.2, 0.25) is 0 Å². The van der Waals surface area contributed by atoms with Gasteiger partial charge in [-0.05, 0) is 31.0 Å². The average Bonchev–Trinajstić information content (AvgIpc) is 2.62. The van der Waals surface area contributed by atoms with Gasteiger partial charge in [0.25, 0.3) is 5.88 Å². The average molecular weight is 351 g/mol. The minimum absolute atomic E-state index is 0.0635. The van der Waals surface area contributed by atoms with Crippen LogP contribution < -0.4 is 20.1 Å². The van der Waals surface area contributed by atoms with E-state index < -0.39 is 6.03 Å². The Kier molecular flexibility index (Phi) is 5.29. The fourth-order valence-electron chi connectivity index (χ4n) is 2.29. The Hall–Kier alpha value is -3.60. The van der Waals surface area contributed by atoms with Crippen LogP contribution in [0.5, 0.6) is 11.6 Å². The zero-order chi connectivity index (χ0) is 18.4. The van der Waals surface area contributed by atoms with E-state index in [1.54, 1.807) is 6.07 Å². The van der Waals surface area contributed by atoms with Crippen molar-refractivity contribution >= 4 is 17.5 Å². The van der Waals surface area contributed by atoms with Gasteiger partial charge in [0, 0.05) is 0 Å². The molecule has 26 heavy (non-hydrogen) atoms. The maximum Gasteiger partial charge on any atom is 0.325 e. The predicted molar refractivity (Wildman–Crippen MR) is 95.3 cm³/mol. The van der Waals surface area contributed by atoms with Crippen LogP contribution in [0, 0.1) is 18.3 Å². The summed E-state index contributed by atoms with van der Waals surface area (Å²) in [6.45, 7) is 2.60. The van der Waals surface area contributed by atoms with Crippen LogP contribution >= 0.6 is 0 Å². The highest BCUT2D eigenvalue weighted by Gasteiger charge is 2.13. The number of carbonyl (C=O) groups is 1. The summed E-state index contributed by atoms with van der Waals surface area (Å²) in [6, 6.07) is 6.94. The lowest BCUT2D eigenvalue weighted by Crippen LogP contribution is -2.21. The molecule has 1 aliphatic heterocycles. The summed E-state index contributed by atoms with van der Waals surface area (Å²) in [6.07, 6.45) is 5.69. The second-order valence-electron chi connectivity index (χ2n) is 5.52. The van der Waals surface area contributed by atoms with Crippen molar-refractivity contribution in [1.29, 1.82) is 5.26 Å². The second-order valence-corrected chi connectivity index (χ2v) is 5.52. The van der Waals surface area contributed by atoms with E-state index in [9.17, 15) is 4.79 Å². The van der Waals surface area contributed by atoms with Crippen molar-refractivity contribution in [1.82, 2.24) is 9.97 Å². The van der Waals surface area contributed by atoms with Crippen LogP contribution in [0.3, 0.4) is 0 Å². The first-order valence-electron chi connectivity index (χ1n) is 8.02. The number of nitriles is 1. The first-order valence-corrected chi connectivity index (χ1v) is 8.02. The number of urea groups is 1. The number of carbonyl (C=O) groups excluding carboxylic acids is 1. The van der Waals surface area contributed by atoms with E-state index in [0.717, 1.165) is 5.56 Å². The van der Waals surface area contributed by atoms with Crippen LogP contribution in [-0.2, 0) is 0 Å². The van der Waals surface area contributed by atoms with Gasteiger partial charge in [-0.2, -0.15) is 10.2 Å². The van der Waals surface area contributed by atoms with Crippen molar-refractivity contribution < 1.29 is 14.3 Å². The molecule has 2 amide bonds. The number of aryl methyl sites for hydroxylation is 1. The highest BCUT2D eigenvalue weighted by Crippen LogP contribution is 2.26. The molecule has 8 heteroatoms. The molecule has 2 bridgehead atoms. The van der Waals surface area contributed by atoms with Gasteiger partial charge in [0.15, 0.2) is 5.82 Å². The lowest BCUT2D eigenvalue weighted by Gasteiger charge is -2.13. The Bertz CT molecular complexity index is 889. The monoisotopic (exact) mass is 351 g/mol. The Morgan fingerprint density at radius 1 is 1.23 bits per heavy atom. The number of ether oxygens (including phenoxy) is 2. The molecule has 1 aromatic heterocycles. The maximum atomic E-state index is 12.3. The smallest absolute Gasteiger partial charge is 0.325 e. The van der Waals surface area contributed by atoms with Gasteiger partial charge in [0.1, 0.15) is 18.4 Å². The van der Waals surface area contributed by atoms with E-state index in [0.29, 0.717) is 31.1 Å². The lowest BCUT2D eigenvalue weighted by molar-refractivity contribution is 0.262. The number of fused-ring (bicyclic) bond motifs is 3. The topological polar surface area (TPSA) is 109 Å². The standard InChI is InChI=1S/C18H17N5O3/c1-12-5-6-15-13(9-12)21-18(24)23-16-11-20-14(10-19)17(22-16)26-8-4-2-3-7-25-15/h2-3,5-6,9,11H,4,7-8H2,1H3,(H2,21,22,23,24)/b3-2-. The van der Waals surface area contributed by atoms with Crippen molar-refractivity contribution in [3.8, 4) is 17.7 Å². The molecule has 0 unspecified atom stereocenters. The first-order chi connectivity index (χ1) is 12.7. The molecule has 0 saturated carbocycles. The molecule has 0 saturated heterocycles. The Morgan fingerprint density at radius 2 is 2.12 bits per heavy atom. The molecule has 0 fully saturated rings. The van der Waals surface area contributed by atoms with Gasteiger partial charge in [-0.25, -0.2) is 9.78 Å². The number of aromatic nitrogens is 2. The lowest BCUT2D eigenvalue weighted by atomic mass is 10.2. The fourth-order valence-corrected chi connectivity index (χ4v) is 2.29. The van der Waals surface area contributed by atoms with Gasteiger partial charge in [-0.1, -0.05) is 18.2 Å². The second kappa shape index (κ2) is 7.98. The molecule has 0 aliphatic carbocycles. The summed E-state index contributed by atoms with van der Waals surface area (Å²) in [5.74, 6) is 0.825. The van der Waals surface area contributed by atoms with Gasteiger partial charge in [-0.15, -0.1) is 0 Å². The summed E-state index contributed by atoms with van der Waals surface area (Å²) in [5.41, 5.74) is 1.59. The highest BCUT2D eigenvalue weighted by molar-refractivity contribution is 6.00. The molecule has 3 rings (SSSR count). The van der Waals surface area contributed by atoms with Gasteiger partial charge < -0.3 is 14.8 Å². The van der Waals surface area contributed by atoms with Crippen molar-refractivity contribution in [2.75, 3.05) is 23.8 Å². The third-order valence-electron chi connectivity index (χ3n) is 3.50. The van der Waals surface area contributed by atoms with E-state index >= 15 is 0 Å². The fraction of sp³-hybridized carbons (Fsp3) is 0.222. The molecule has 2 heterocycles. The Balaban J connectivity index is 1.90. The van der Waals surface area contributed by atoms with Gasteiger partial charge in [-0.3, -0.25) is 5.32 Å². The number of hydrogen-bond acceptors (Lipinski definition) is 6. The molecule has 8 nitrogen and oxygen atoms in total. The molecule has 2 aromatic rings. The zero-order valence-electron chi connectivity index (χ0n) is 14.2. The number of anilines is 2. The first kappa shape index (κ1) is 17.2. The van der Waals surface area contributed by atoms with E-state index in [-0.39, 0.29) is 17.4 Å². The summed E-state index contributed by atoms with van der Waals surface area (Å²) in [4.78, 5) is 20.4. The number of rotatable bonds is 0. The van der Waals surface area contributed by atoms with Crippen LogP contribution in [0.1, 0.15) is 17.7 Å². The molecule has 2 N–H and O–H groups in total. The quantitative estimate of drug-likeness (QED) is 0.706. The third kappa shape index (κ3) is 4.27. The summed E-state index contributed by atoms with van der Waals surface area (Å²) in [7, 11) is 0. The molecule has 0 radical (unpaired) electrons. The molecular formula is C18H17N5O3. The summed E-state index contributed by atoms with van der Waals surface area (Å²) in [5, 5.41) is 14.4. The summed E-state index contributed by atoms with van der Waals surface area (Å²) >= 11 is 0. The third-order valence-corrected chi connectivity index (χ3v) is 3.50. The van der Waals surface area contributed by atoms with Crippen molar-refractivity contribution in [2.24, 2.45) is 0 Å². The van der Waals surface area contributed by atoms with Crippen LogP contribution in [0.25, 0.3) is 0 Å². The predicted octanol–water partition coefficient (Wildman–Crippen LogP) is 3.02. The summed E-state index contributed by atoms with van der Waals surface area (Å²) < 4.78 is 11.2.